The molecule has 9 aromatic rings. The standard InChI is InChI=1S/C45H35N.2C7H8/c1-32-15-13-16-35(31-32)33-27-29-34(30-28-33)38-21-10-12-25-42(38)46(2)43-26-14-23-40-39-22-9-11-24-41(39)45(44(40)43,36-17-5-3-6-18-36)37-19-7-4-8-20-37;2*1-7-5-3-2-4-6-7/h3-31H,1-2H3;2*2-6H,1H3. The van der Waals surface area contributed by atoms with E-state index in [1.165, 1.54) is 83.7 Å². The fraction of sp³-hybridized carbons (Fsp3) is 0.0847. The molecule has 0 spiro atoms. The molecule has 0 radical (unpaired) electrons. The average molecular weight is 774 g/mol. The molecular weight excluding hydrogens is 723 g/mol. The Labute approximate surface area is 356 Å². The molecule has 1 heteroatoms. The van der Waals surface area contributed by atoms with Gasteiger partial charge in [-0.05, 0) is 77.4 Å². The van der Waals surface area contributed by atoms with Gasteiger partial charge in [0.2, 0.25) is 0 Å². The third kappa shape index (κ3) is 8.08. The van der Waals surface area contributed by atoms with Crippen LogP contribution in [-0.4, -0.2) is 7.05 Å². The van der Waals surface area contributed by atoms with E-state index in [1.54, 1.807) is 0 Å². The first kappa shape index (κ1) is 39.6. The molecular formula is C59H51N. The summed E-state index contributed by atoms with van der Waals surface area (Å²) in [4.78, 5) is 2.40. The maximum atomic E-state index is 2.40. The molecule has 60 heavy (non-hydrogen) atoms. The second-order valence-corrected chi connectivity index (χ2v) is 15.6. The summed E-state index contributed by atoms with van der Waals surface area (Å²) in [7, 11) is 2.22. The molecule has 9 aromatic carbocycles. The fourth-order valence-electron chi connectivity index (χ4n) is 8.64. The van der Waals surface area contributed by atoms with Crippen molar-refractivity contribution < 1.29 is 0 Å². The Morgan fingerprint density at radius 2 is 0.750 bits per heavy atom. The number of nitrogens with zero attached hydrogens (tertiary/aromatic N) is 1. The molecule has 0 heterocycles. The predicted molar refractivity (Wildman–Crippen MR) is 256 cm³/mol. The van der Waals surface area contributed by atoms with Crippen molar-refractivity contribution in [2.75, 3.05) is 11.9 Å². The lowest BCUT2D eigenvalue weighted by Crippen LogP contribution is -2.30. The van der Waals surface area contributed by atoms with Crippen molar-refractivity contribution in [3.63, 3.8) is 0 Å². The number of aryl methyl sites for hydroxylation is 3. The second kappa shape index (κ2) is 18.1. The number of benzene rings is 9. The summed E-state index contributed by atoms with van der Waals surface area (Å²) in [6.07, 6.45) is 0. The van der Waals surface area contributed by atoms with Crippen LogP contribution < -0.4 is 4.90 Å². The van der Waals surface area contributed by atoms with Crippen LogP contribution in [-0.2, 0) is 5.41 Å². The number of fused-ring (bicyclic) bond motifs is 3. The van der Waals surface area contributed by atoms with Crippen LogP contribution in [0.15, 0.2) is 237 Å². The lowest BCUT2D eigenvalue weighted by atomic mass is 9.67. The number of para-hydroxylation sites is 1. The topological polar surface area (TPSA) is 3.24 Å². The summed E-state index contributed by atoms with van der Waals surface area (Å²) >= 11 is 0. The number of hydrogen-bond donors (Lipinski definition) is 0. The van der Waals surface area contributed by atoms with E-state index in [0.29, 0.717) is 0 Å². The third-order valence-electron chi connectivity index (χ3n) is 11.5. The zero-order valence-electron chi connectivity index (χ0n) is 35.0. The predicted octanol–water partition coefficient (Wildman–Crippen LogP) is 15.5. The van der Waals surface area contributed by atoms with Gasteiger partial charge in [-0.15, -0.1) is 0 Å². The van der Waals surface area contributed by atoms with Crippen molar-refractivity contribution >= 4 is 11.4 Å². The molecule has 0 amide bonds. The lowest BCUT2D eigenvalue weighted by Gasteiger charge is -2.37. The normalized spacial score (nSPS) is 11.8. The summed E-state index contributed by atoms with van der Waals surface area (Å²) in [6.45, 7) is 6.31. The molecule has 0 bridgehead atoms. The van der Waals surface area contributed by atoms with E-state index in [2.05, 4.69) is 233 Å². The van der Waals surface area contributed by atoms with Crippen LogP contribution >= 0.6 is 0 Å². The lowest BCUT2D eigenvalue weighted by molar-refractivity contribution is 0.767. The molecule has 10 rings (SSSR count). The van der Waals surface area contributed by atoms with Crippen molar-refractivity contribution in [1.82, 2.24) is 0 Å². The molecule has 0 atom stereocenters. The first-order chi connectivity index (χ1) is 29.4. The minimum absolute atomic E-state index is 0.469. The van der Waals surface area contributed by atoms with Gasteiger partial charge in [-0.2, -0.15) is 0 Å². The minimum Gasteiger partial charge on any atom is -0.344 e. The number of anilines is 2. The highest BCUT2D eigenvalue weighted by Crippen LogP contribution is 2.59. The zero-order chi connectivity index (χ0) is 41.3. The molecule has 0 saturated carbocycles. The first-order valence-electron chi connectivity index (χ1n) is 20.8. The van der Waals surface area contributed by atoms with Crippen molar-refractivity contribution in [2.45, 2.75) is 26.2 Å². The molecule has 0 unspecified atom stereocenters. The van der Waals surface area contributed by atoms with Crippen LogP contribution in [0.1, 0.15) is 38.9 Å². The Bertz CT molecular complexity index is 2690. The Hall–Kier alpha value is -7.22. The number of hydrogen-bond acceptors (Lipinski definition) is 1. The molecule has 0 fully saturated rings. The summed E-state index contributed by atoms with van der Waals surface area (Å²) in [5.74, 6) is 0. The van der Waals surface area contributed by atoms with Crippen LogP contribution in [0, 0.1) is 20.8 Å². The molecule has 0 aromatic heterocycles. The maximum Gasteiger partial charge on any atom is 0.0734 e. The van der Waals surface area contributed by atoms with E-state index in [-0.39, 0.29) is 0 Å². The van der Waals surface area contributed by atoms with Crippen LogP contribution in [0.2, 0.25) is 0 Å². The van der Waals surface area contributed by atoms with E-state index in [4.69, 9.17) is 0 Å². The van der Waals surface area contributed by atoms with Gasteiger partial charge in [-0.25, -0.2) is 0 Å². The van der Waals surface area contributed by atoms with Crippen molar-refractivity contribution in [3.05, 3.63) is 276 Å². The fourth-order valence-corrected chi connectivity index (χ4v) is 8.64. The van der Waals surface area contributed by atoms with Crippen LogP contribution in [0.4, 0.5) is 11.4 Å². The molecule has 0 saturated heterocycles. The first-order valence-corrected chi connectivity index (χ1v) is 20.8. The molecule has 1 nitrogen and oxygen atoms in total. The van der Waals surface area contributed by atoms with Crippen molar-refractivity contribution in [2.24, 2.45) is 0 Å². The van der Waals surface area contributed by atoms with Gasteiger partial charge < -0.3 is 4.90 Å². The van der Waals surface area contributed by atoms with E-state index in [9.17, 15) is 0 Å². The quantitative estimate of drug-likeness (QED) is 0.163. The highest BCUT2D eigenvalue weighted by atomic mass is 15.1. The Balaban J connectivity index is 0.000000301. The van der Waals surface area contributed by atoms with Gasteiger partial charge in [0.05, 0.1) is 5.41 Å². The summed E-state index contributed by atoms with van der Waals surface area (Å²) in [6, 6.07) is 84.9. The van der Waals surface area contributed by atoms with Crippen LogP contribution in [0.25, 0.3) is 33.4 Å². The maximum absolute atomic E-state index is 2.40. The van der Waals surface area contributed by atoms with Gasteiger partial charge in [0, 0.05) is 29.5 Å². The zero-order valence-corrected chi connectivity index (χ0v) is 35.0. The smallest absolute Gasteiger partial charge is 0.0734 e. The minimum atomic E-state index is -0.469. The van der Waals surface area contributed by atoms with Gasteiger partial charge >= 0.3 is 0 Å². The largest absolute Gasteiger partial charge is 0.344 e. The van der Waals surface area contributed by atoms with Gasteiger partial charge in [-0.1, -0.05) is 241 Å². The Morgan fingerprint density at radius 1 is 0.317 bits per heavy atom. The molecule has 0 N–H and O–H groups in total. The highest BCUT2D eigenvalue weighted by Gasteiger charge is 2.48. The van der Waals surface area contributed by atoms with E-state index in [1.807, 2.05) is 36.4 Å². The summed E-state index contributed by atoms with van der Waals surface area (Å²) < 4.78 is 0. The van der Waals surface area contributed by atoms with Gasteiger partial charge in [0.15, 0.2) is 0 Å². The Morgan fingerprint density at radius 3 is 1.30 bits per heavy atom. The summed E-state index contributed by atoms with van der Waals surface area (Å²) in [5, 5.41) is 0. The van der Waals surface area contributed by atoms with E-state index >= 15 is 0 Å². The third-order valence-corrected chi connectivity index (χ3v) is 11.5. The summed E-state index contributed by atoms with van der Waals surface area (Å²) in [5.41, 5.74) is 18.5. The Kier molecular flexibility index (Phi) is 12.0. The molecule has 0 aliphatic heterocycles. The monoisotopic (exact) mass is 773 g/mol. The van der Waals surface area contributed by atoms with Crippen LogP contribution in [0.3, 0.4) is 0 Å². The van der Waals surface area contributed by atoms with E-state index < -0.39 is 5.41 Å². The average Bonchev–Trinajstić information content (AvgIpc) is 3.62. The van der Waals surface area contributed by atoms with Crippen molar-refractivity contribution in [3.8, 4) is 33.4 Å². The van der Waals surface area contributed by atoms with Crippen LogP contribution in [0.5, 0.6) is 0 Å². The molecule has 1 aliphatic rings. The van der Waals surface area contributed by atoms with Crippen molar-refractivity contribution in [1.29, 1.82) is 0 Å². The van der Waals surface area contributed by atoms with Gasteiger partial charge in [-0.3, -0.25) is 0 Å². The SMILES string of the molecule is Cc1cccc(-c2ccc(-c3ccccc3N(C)c3cccc4c3C(c3ccccc3)(c3ccccc3)c3ccccc3-4)cc2)c1.Cc1ccccc1.Cc1ccccc1. The van der Waals surface area contributed by atoms with Gasteiger partial charge in [0.25, 0.3) is 0 Å². The second-order valence-electron chi connectivity index (χ2n) is 15.6. The molecule has 292 valence electrons. The highest BCUT2D eigenvalue weighted by molar-refractivity contribution is 5.93. The number of rotatable bonds is 6. The molecule has 1 aliphatic carbocycles. The van der Waals surface area contributed by atoms with Gasteiger partial charge in [0.1, 0.15) is 0 Å². The van der Waals surface area contributed by atoms with E-state index in [0.717, 1.165) is 0 Å².